The minimum atomic E-state index is -1.02. The highest BCUT2D eigenvalue weighted by molar-refractivity contribution is 5.81. The standard InChI is InChI=1S/C14H19NO3/c1-10(2)12(11-6-4-3-5-7-11)8-13(16)15-9-14(17)18/h3-7,10,12H,8-9H2,1-2H3,(H,15,16)(H,17,18). The van der Waals surface area contributed by atoms with Gasteiger partial charge in [-0.05, 0) is 17.4 Å². The van der Waals surface area contributed by atoms with Crippen LogP contribution in [0.15, 0.2) is 30.3 Å². The van der Waals surface area contributed by atoms with Crippen LogP contribution in [0.1, 0.15) is 31.7 Å². The molecule has 1 atom stereocenters. The van der Waals surface area contributed by atoms with Gasteiger partial charge < -0.3 is 10.4 Å². The second-order valence-electron chi connectivity index (χ2n) is 4.64. The molecule has 0 heterocycles. The Morgan fingerprint density at radius 2 is 1.83 bits per heavy atom. The van der Waals surface area contributed by atoms with E-state index >= 15 is 0 Å². The lowest BCUT2D eigenvalue weighted by Gasteiger charge is -2.20. The molecule has 1 rings (SSSR count). The average molecular weight is 249 g/mol. The van der Waals surface area contributed by atoms with E-state index in [9.17, 15) is 9.59 Å². The summed E-state index contributed by atoms with van der Waals surface area (Å²) in [6, 6.07) is 9.81. The molecule has 0 saturated carbocycles. The van der Waals surface area contributed by atoms with Crippen LogP contribution in [-0.2, 0) is 9.59 Å². The van der Waals surface area contributed by atoms with Gasteiger partial charge in [-0.25, -0.2) is 0 Å². The van der Waals surface area contributed by atoms with Crippen molar-refractivity contribution in [1.82, 2.24) is 5.32 Å². The summed E-state index contributed by atoms with van der Waals surface area (Å²) in [6.07, 6.45) is 0.314. The van der Waals surface area contributed by atoms with Crippen molar-refractivity contribution < 1.29 is 14.7 Å². The Morgan fingerprint density at radius 3 is 2.33 bits per heavy atom. The summed E-state index contributed by atoms with van der Waals surface area (Å²) >= 11 is 0. The summed E-state index contributed by atoms with van der Waals surface area (Å²) < 4.78 is 0. The molecule has 0 radical (unpaired) electrons. The molecule has 4 nitrogen and oxygen atoms in total. The van der Waals surface area contributed by atoms with E-state index in [1.54, 1.807) is 0 Å². The number of nitrogens with one attached hydrogen (secondary N) is 1. The first kappa shape index (κ1) is 14.2. The Balaban J connectivity index is 2.64. The third-order valence-corrected chi connectivity index (χ3v) is 2.87. The van der Waals surface area contributed by atoms with Crippen LogP contribution in [0.4, 0.5) is 0 Å². The predicted molar refractivity (Wildman–Crippen MR) is 69.3 cm³/mol. The van der Waals surface area contributed by atoms with Crippen molar-refractivity contribution in [3.63, 3.8) is 0 Å². The lowest BCUT2D eigenvalue weighted by Crippen LogP contribution is -2.31. The highest BCUT2D eigenvalue weighted by atomic mass is 16.4. The summed E-state index contributed by atoms with van der Waals surface area (Å²) in [5.41, 5.74) is 1.11. The molecular formula is C14H19NO3. The number of rotatable bonds is 6. The number of amides is 1. The number of carbonyl (C=O) groups is 2. The molecule has 0 spiro atoms. The van der Waals surface area contributed by atoms with Crippen LogP contribution >= 0.6 is 0 Å². The van der Waals surface area contributed by atoms with Crippen LogP contribution in [0.3, 0.4) is 0 Å². The summed E-state index contributed by atoms with van der Waals surface area (Å²) in [4.78, 5) is 22.0. The average Bonchev–Trinajstić information content (AvgIpc) is 2.34. The Labute approximate surface area is 107 Å². The van der Waals surface area contributed by atoms with E-state index in [4.69, 9.17) is 5.11 Å². The largest absolute Gasteiger partial charge is 0.480 e. The normalized spacial score (nSPS) is 12.2. The molecule has 1 aromatic carbocycles. The van der Waals surface area contributed by atoms with E-state index in [1.165, 1.54) is 0 Å². The highest BCUT2D eigenvalue weighted by Crippen LogP contribution is 2.27. The Hall–Kier alpha value is -1.84. The summed E-state index contributed by atoms with van der Waals surface area (Å²) in [5.74, 6) is -0.813. The number of hydrogen-bond acceptors (Lipinski definition) is 2. The summed E-state index contributed by atoms with van der Waals surface area (Å²) in [5, 5.41) is 10.9. The molecule has 0 aliphatic rings. The number of carbonyl (C=O) groups excluding carboxylic acids is 1. The minimum Gasteiger partial charge on any atom is -0.480 e. The Morgan fingerprint density at radius 1 is 1.22 bits per heavy atom. The van der Waals surface area contributed by atoms with E-state index in [0.717, 1.165) is 5.56 Å². The second kappa shape index (κ2) is 6.79. The van der Waals surface area contributed by atoms with Crippen molar-refractivity contribution in [3.05, 3.63) is 35.9 Å². The fourth-order valence-electron chi connectivity index (χ4n) is 1.88. The Bertz CT molecular complexity index is 401. The molecule has 0 aliphatic carbocycles. The molecule has 0 fully saturated rings. The molecule has 0 aromatic heterocycles. The van der Waals surface area contributed by atoms with Crippen LogP contribution in [0.2, 0.25) is 0 Å². The predicted octanol–water partition coefficient (Wildman–Crippen LogP) is 2.02. The van der Waals surface area contributed by atoms with E-state index in [2.05, 4.69) is 19.2 Å². The second-order valence-corrected chi connectivity index (χ2v) is 4.64. The van der Waals surface area contributed by atoms with E-state index in [0.29, 0.717) is 12.3 Å². The van der Waals surface area contributed by atoms with E-state index in [-0.39, 0.29) is 18.4 Å². The first-order valence-corrected chi connectivity index (χ1v) is 6.04. The number of benzene rings is 1. The summed E-state index contributed by atoms with van der Waals surface area (Å²) in [6.45, 7) is 3.79. The topological polar surface area (TPSA) is 66.4 Å². The maximum absolute atomic E-state index is 11.7. The molecule has 2 N–H and O–H groups in total. The molecule has 1 amide bonds. The molecule has 0 aliphatic heterocycles. The number of hydrogen-bond donors (Lipinski definition) is 2. The van der Waals surface area contributed by atoms with Gasteiger partial charge in [-0.15, -0.1) is 0 Å². The van der Waals surface area contributed by atoms with Crippen LogP contribution in [0.25, 0.3) is 0 Å². The molecule has 1 aromatic rings. The van der Waals surface area contributed by atoms with Gasteiger partial charge in [0.05, 0.1) is 0 Å². The monoisotopic (exact) mass is 249 g/mol. The van der Waals surface area contributed by atoms with Crippen LogP contribution < -0.4 is 5.32 Å². The fraction of sp³-hybridized carbons (Fsp3) is 0.429. The van der Waals surface area contributed by atoms with Crippen LogP contribution in [0.5, 0.6) is 0 Å². The van der Waals surface area contributed by atoms with Gasteiger partial charge in [-0.1, -0.05) is 44.2 Å². The van der Waals surface area contributed by atoms with Crippen molar-refractivity contribution in [2.45, 2.75) is 26.2 Å². The first-order chi connectivity index (χ1) is 8.50. The van der Waals surface area contributed by atoms with Gasteiger partial charge in [0.1, 0.15) is 6.54 Å². The van der Waals surface area contributed by atoms with Crippen molar-refractivity contribution in [1.29, 1.82) is 0 Å². The maximum atomic E-state index is 11.7. The van der Waals surface area contributed by atoms with Crippen molar-refractivity contribution >= 4 is 11.9 Å². The zero-order chi connectivity index (χ0) is 13.5. The quantitative estimate of drug-likeness (QED) is 0.810. The number of aliphatic carboxylic acids is 1. The fourth-order valence-corrected chi connectivity index (χ4v) is 1.88. The van der Waals surface area contributed by atoms with Gasteiger partial charge in [-0.2, -0.15) is 0 Å². The summed E-state index contributed by atoms with van der Waals surface area (Å²) in [7, 11) is 0. The van der Waals surface area contributed by atoms with Gasteiger partial charge in [-0.3, -0.25) is 9.59 Å². The molecule has 0 bridgehead atoms. The number of carboxylic acids is 1. The third-order valence-electron chi connectivity index (χ3n) is 2.87. The smallest absolute Gasteiger partial charge is 0.322 e. The molecule has 4 heteroatoms. The van der Waals surface area contributed by atoms with E-state index < -0.39 is 5.97 Å². The zero-order valence-electron chi connectivity index (χ0n) is 10.7. The zero-order valence-corrected chi connectivity index (χ0v) is 10.7. The van der Waals surface area contributed by atoms with Crippen molar-refractivity contribution in [3.8, 4) is 0 Å². The van der Waals surface area contributed by atoms with Gasteiger partial charge in [0.2, 0.25) is 5.91 Å². The molecule has 18 heavy (non-hydrogen) atoms. The first-order valence-electron chi connectivity index (χ1n) is 6.04. The van der Waals surface area contributed by atoms with Crippen molar-refractivity contribution in [2.24, 2.45) is 5.92 Å². The Kier molecular flexibility index (Phi) is 5.36. The lowest BCUT2D eigenvalue weighted by molar-refractivity contribution is -0.138. The van der Waals surface area contributed by atoms with E-state index in [1.807, 2.05) is 30.3 Å². The van der Waals surface area contributed by atoms with Gasteiger partial charge in [0, 0.05) is 6.42 Å². The molecule has 0 saturated heterocycles. The van der Waals surface area contributed by atoms with Gasteiger partial charge in [0.15, 0.2) is 0 Å². The molecule has 98 valence electrons. The minimum absolute atomic E-state index is 0.111. The van der Waals surface area contributed by atoms with Crippen molar-refractivity contribution in [2.75, 3.05) is 6.54 Å². The SMILES string of the molecule is CC(C)C(CC(=O)NCC(=O)O)c1ccccc1. The van der Waals surface area contributed by atoms with Crippen LogP contribution in [0, 0.1) is 5.92 Å². The van der Waals surface area contributed by atoms with Gasteiger partial charge in [0.25, 0.3) is 0 Å². The maximum Gasteiger partial charge on any atom is 0.322 e. The lowest BCUT2D eigenvalue weighted by atomic mass is 9.85. The van der Waals surface area contributed by atoms with Gasteiger partial charge >= 0.3 is 5.97 Å². The highest BCUT2D eigenvalue weighted by Gasteiger charge is 2.19. The van der Waals surface area contributed by atoms with Crippen LogP contribution in [-0.4, -0.2) is 23.5 Å². The molecule has 1 unspecified atom stereocenters. The number of carboxylic acid groups (broad SMARTS) is 1. The third kappa shape index (κ3) is 4.57. The molecular weight excluding hydrogens is 230 g/mol.